The number of hydrogen-bond acceptors (Lipinski definition) is 3. The van der Waals surface area contributed by atoms with E-state index >= 15 is 0 Å². The molecular formula is C22H20FN3O2S. The van der Waals surface area contributed by atoms with Crippen LogP contribution in [-0.2, 0) is 16.1 Å². The summed E-state index contributed by atoms with van der Waals surface area (Å²) in [7, 11) is 0. The predicted molar refractivity (Wildman–Crippen MR) is 113 cm³/mol. The van der Waals surface area contributed by atoms with Crippen LogP contribution in [0.25, 0.3) is 0 Å². The van der Waals surface area contributed by atoms with E-state index < -0.39 is 0 Å². The second kappa shape index (κ2) is 10.4. The lowest BCUT2D eigenvalue weighted by Crippen LogP contribution is -2.22. The van der Waals surface area contributed by atoms with E-state index in [0.717, 1.165) is 5.56 Å². The Morgan fingerprint density at radius 3 is 2.41 bits per heavy atom. The Morgan fingerprint density at radius 2 is 1.66 bits per heavy atom. The third kappa shape index (κ3) is 6.73. The smallest absolute Gasteiger partial charge is 0.257 e. The molecule has 0 aliphatic heterocycles. The molecule has 3 aromatic rings. The van der Waals surface area contributed by atoms with Crippen LogP contribution in [0.2, 0.25) is 0 Å². The van der Waals surface area contributed by atoms with Gasteiger partial charge in [-0.1, -0.05) is 36.4 Å². The molecule has 0 spiro atoms. The molecule has 1 N–H and O–H groups in total. The van der Waals surface area contributed by atoms with Crippen LogP contribution < -0.4 is 10.8 Å². The lowest BCUT2D eigenvalue weighted by atomic mass is 10.2. The van der Waals surface area contributed by atoms with E-state index in [1.54, 1.807) is 6.07 Å². The number of pyridine rings is 1. The molecule has 1 heterocycles. The van der Waals surface area contributed by atoms with Gasteiger partial charge in [-0.05, 0) is 42.0 Å². The largest absolute Gasteiger partial charge is 0.328 e. The minimum Gasteiger partial charge on any atom is -0.328 e. The molecule has 0 unspecified atom stereocenters. The van der Waals surface area contributed by atoms with Crippen molar-refractivity contribution < 1.29 is 14.0 Å². The number of thioether (sulfide) groups is 1. The zero-order valence-corrected chi connectivity index (χ0v) is 16.4. The summed E-state index contributed by atoms with van der Waals surface area (Å²) < 4.78 is 14.8. The van der Waals surface area contributed by atoms with Crippen molar-refractivity contribution in [3.8, 4) is 0 Å². The summed E-state index contributed by atoms with van der Waals surface area (Å²) in [5.41, 5.74) is 2.19. The monoisotopic (exact) mass is 409 g/mol. The fourth-order valence-electron chi connectivity index (χ4n) is 2.60. The van der Waals surface area contributed by atoms with E-state index in [1.165, 1.54) is 36.0 Å². The summed E-state index contributed by atoms with van der Waals surface area (Å²) in [6, 6.07) is 20.9. The normalized spacial score (nSPS) is 11.3. The maximum Gasteiger partial charge on any atom is 0.257 e. The minimum absolute atomic E-state index is 0.0943. The predicted octanol–water partition coefficient (Wildman–Crippen LogP) is 3.47. The highest BCUT2D eigenvalue weighted by Gasteiger charge is 2.06. The first-order chi connectivity index (χ1) is 14.1. The number of carbonyl (C=O) groups is 2. The summed E-state index contributed by atoms with van der Waals surface area (Å²) >= 11 is 1.18. The molecule has 0 bridgehead atoms. The molecule has 0 radical (unpaired) electrons. The van der Waals surface area contributed by atoms with Crippen molar-refractivity contribution in [3.63, 3.8) is 0 Å². The first-order valence-electron chi connectivity index (χ1n) is 9.00. The Bertz CT molecular complexity index is 1030. The first kappa shape index (κ1) is 20.5. The molecule has 0 saturated heterocycles. The molecular weight excluding hydrogens is 389 g/mol. The maximum absolute atomic E-state index is 12.9. The number of benzene rings is 2. The van der Waals surface area contributed by atoms with Crippen LogP contribution in [0.5, 0.6) is 0 Å². The Labute approximate surface area is 172 Å². The van der Waals surface area contributed by atoms with Crippen LogP contribution in [0.3, 0.4) is 0 Å². The van der Waals surface area contributed by atoms with Gasteiger partial charge in [0, 0.05) is 18.4 Å². The van der Waals surface area contributed by atoms with Crippen molar-refractivity contribution in [1.29, 1.82) is 0 Å². The van der Waals surface area contributed by atoms with Crippen LogP contribution in [0.1, 0.15) is 5.56 Å². The van der Waals surface area contributed by atoms with E-state index in [-0.39, 0.29) is 29.1 Å². The van der Waals surface area contributed by atoms with Crippen LogP contribution in [0.4, 0.5) is 10.1 Å². The van der Waals surface area contributed by atoms with Crippen molar-refractivity contribution in [1.82, 2.24) is 4.57 Å². The van der Waals surface area contributed by atoms with Crippen molar-refractivity contribution in [2.45, 2.75) is 6.54 Å². The number of nitrogens with one attached hydrogen (secondary N) is 1. The standard InChI is InChI=1S/C22H20FN3O2S/c23-18-9-11-19(12-10-18)24-21(27)15-29-16-22(28)25-20-8-4-5-13-26(20)14-17-6-2-1-3-7-17/h1-13H,14-16H2,(H,24,27). The minimum atomic E-state index is -0.366. The summed E-state index contributed by atoms with van der Waals surface area (Å²) in [6.07, 6.45) is 1.88. The molecule has 3 rings (SSSR count). The van der Waals surface area contributed by atoms with Gasteiger partial charge in [0.2, 0.25) is 5.91 Å². The van der Waals surface area contributed by atoms with Crippen LogP contribution in [0, 0.1) is 5.82 Å². The number of carbonyl (C=O) groups excluding carboxylic acids is 2. The lowest BCUT2D eigenvalue weighted by molar-refractivity contribution is -0.115. The number of rotatable bonds is 7. The molecule has 0 aliphatic carbocycles. The zero-order chi connectivity index (χ0) is 20.5. The van der Waals surface area contributed by atoms with E-state index in [4.69, 9.17) is 0 Å². The number of aromatic nitrogens is 1. The highest BCUT2D eigenvalue weighted by atomic mass is 32.2. The topological polar surface area (TPSA) is 63.5 Å². The third-order valence-electron chi connectivity index (χ3n) is 3.94. The molecule has 2 amide bonds. The van der Waals surface area contributed by atoms with Crippen molar-refractivity contribution in [3.05, 3.63) is 95.9 Å². The van der Waals surface area contributed by atoms with E-state index in [2.05, 4.69) is 10.3 Å². The van der Waals surface area contributed by atoms with Gasteiger partial charge in [-0.3, -0.25) is 9.59 Å². The second-order valence-corrected chi connectivity index (χ2v) is 7.21. The summed E-state index contributed by atoms with van der Waals surface area (Å²) in [5.74, 6) is -0.727. The van der Waals surface area contributed by atoms with Gasteiger partial charge in [-0.15, -0.1) is 11.8 Å². The van der Waals surface area contributed by atoms with Gasteiger partial charge >= 0.3 is 0 Å². The van der Waals surface area contributed by atoms with Crippen LogP contribution in [0.15, 0.2) is 84.0 Å². The molecule has 0 saturated carbocycles. The van der Waals surface area contributed by atoms with E-state index in [9.17, 15) is 14.0 Å². The molecule has 2 aromatic carbocycles. The fourth-order valence-corrected chi connectivity index (χ4v) is 3.20. The summed E-state index contributed by atoms with van der Waals surface area (Å²) in [4.78, 5) is 28.3. The average Bonchev–Trinajstić information content (AvgIpc) is 2.72. The molecule has 148 valence electrons. The molecule has 1 aromatic heterocycles. The van der Waals surface area contributed by atoms with Gasteiger partial charge in [0.25, 0.3) is 5.91 Å². The number of halogens is 1. The van der Waals surface area contributed by atoms with Gasteiger partial charge in [0.1, 0.15) is 11.3 Å². The number of hydrogen-bond donors (Lipinski definition) is 1. The Hall–Kier alpha value is -3.19. The summed E-state index contributed by atoms with van der Waals surface area (Å²) in [5, 5.41) is 2.66. The quantitative estimate of drug-likeness (QED) is 0.650. The third-order valence-corrected chi connectivity index (χ3v) is 4.86. The summed E-state index contributed by atoms with van der Waals surface area (Å²) in [6.45, 7) is 0.612. The average molecular weight is 409 g/mol. The number of nitrogens with zero attached hydrogens (tertiary/aromatic N) is 2. The number of amides is 2. The molecule has 7 heteroatoms. The van der Waals surface area contributed by atoms with Crippen molar-refractivity contribution >= 4 is 29.3 Å². The van der Waals surface area contributed by atoms with E-state index in [0.29, 0.717) is 17.7 Å². The zero-order valence-electron chi connectivity index (χ0n) is 15.6. The van der Waals surface area contributed by atoms with Gasteiger partial charge in [-0.2, -0.15) is 4.99 Å². The van der Waals surface area contributed by atoms with Gasteiger partial charge in [0.05, 0.1) is 11.5 Å². The lowest BCUT2D eigenvalue weighted by Gasteiger charge is -2.07. The SMILES string of the molecule is O=C(CSCC(=O)Nc1ccc(F)cc1)N=c1ccccn1Cc1ccccc1. The number of anilines is 1. The van der Waals surface area contributed by atoms with Gasteiger partial charge in [-0.25, -0.2) is 4.39 Å². The molecule has 5 nitrogen and oxygen atoms in total. The van der Waals surface area contributed by atoms with Crippen molar-refractivity contribution in [2.24, 2.45) is 4.99 Å². The Morgan fingerprint density at radius 1 is 0.931 bits per heavy atom. The molecule has 0 atom stereocenters. The molecule has 0 aliphatic rings. The fraction of sp³-hybridized carbons (Fsp3) is 0.136. The van der Waals surface area contributed by atoms with Crippen LogP contribution >= 0.6 is 11.8 Å². The van der Waals surface area contributed by atoms with Crippen molar-refractivity contribution in [2.75, 3.05) is 16.8 Å². The Kier molecular flexibility index (Phi) is 7.35. The molecule has 29 heavy (non-hydrogen) atoms. The highest BCUT2D eigenvalue weighted by molar-refractivity contribution is 8.00. The van der Waals surface area contributed by atoms with Gasteiger partial charge in [0.15, 0.2) is 0 Å². The second-order valence-electron chi connectivity index (χ2n) is 6.23. The van der Waals surface area contributed by atoms with E-state index in [1.807, 2.05) is 53.2 Å². The highest BCUT2D eigenvalue weighted by Crippen LogP contribution is 2.09. The van der Waals surface area contributed by atoms with Crippen LogP contribution in [-0.4, -0.2) is 27.9 Å². The molecule has 0 fully saturated rings. The van der Waals surface area contributed by atoms with Gasteiger partial charge < -0.3 is 9.88 Å². The first-order valence-corrected chi connectivity index (χ1v) is 10.2. The maximum atomic E-state index is 12.9. The Balaban J connectivity index is 1.54.